The third-order valence-electron chi connectivity index (χ3n) is 3.63. The van der Waals surface area contributed by atoms with Crippen molar-refractivity contribution in [2.24, 2.45) is 0 Å². The molecule has 1 N–H and O–H groups in total. The zero-order valence-corrected chi connectivity index (χ0v) is 15.3. The molecule has 2 aromatic rings. The molecule has 0 heterocycles. The first kappa shape index (κ1) is 18.8. The van der Waals surface area contributed by atoms with Gasteiger partial charge in [0.15, 0.2) is 0 Å². The number of aryl methyl sites for hydroxylation is 1. The summed E-state index contributed by atoms with van der Waals surface area (Å²) in [6.07, 6.45) is 2.64. The highest BCUT2D eigenvalue weighted by Crippen LogP contribution is 2.52. The summed E-state index contributed by atoms with van der Waals surface area (Å²) < 4.78 is 29.1. The number of hydrogen-bond acceptors (Lipinski definition) is 5. The molecule has 0 spiro atoms. The fourth-order valence-electron chi connectivity index (χ4n) is 2.56. The van der Waals surface area contributed by atoms with Gasteiger partial charge in [0.05, 0.1) is 13.2 Å². The van der Waals surface area contributed by atoms with E-state index in [-0.39, 0.29) is 19.0 Å². The molecule has 0 aliphatic heterocycles. The van der Waals surface area contributed by atoms with Gasteiger partial charge in [-0.3, -0.25) is 9.05 Å². The number of benzene rings is 2. The van der Waals surface area contributed by atoms with Crippen LogP contribution in [0.4, 0.5) is 0 Å². The van der Waals surface area contributed by atoms with Crippen molar-refractivity contribution >= 4 is 18.6 Å². The maximum atomic E-state index is 12.8. The van der Waals surface area contributed by atoms with E-state index < -0.39 is 7.82 Å². The second-order valence-electron chi connectivity index (χ2n) is 5.41. The van der Waals surface area contributed by atoms with Gasteiger partial charge in [-0.25, -0.2) is 4.57 Å². The number of aromatic hydroxyl groups is 1. The first-order chi connectivity index (χ1) is 11.5. The predicted octanol–water partition coefficient (Wildman–Crippen LogP) is 5.45. The fourth-order valence-corrected chi connectivity index (χ4v) is 3.82. The van der Waals surface area contributed by atoms with E-state index in [1.54, 1.807) is 26.0 Å². The van der Waals surface area contributed by atoms with Crippen molar-refractivity contribution in [1.82, 2.24) is 0 Å². The van der Waals surface area contributed by atoms with Crippen molar-refractivity contribution in [2.75, 3.05) is 13.2 Å². The molecule has 0 unspecified atom stereocenters. The van der Waals surface area contributed by atoms with Crippen LogP contribution >= 0.6 is 7.82 Å². The number of phenols is 1. The van der Waals surface area contributed by atoms with Gasteiger partial charge >= 0.3 is 7.82 Å². The van der Waals surface area contributed by atoms with E-state index in [4.69, 9.17) is 13.6 Å². The van der Waals surface area contributed by atoms with Gasteiger partial charge in [-0.2, -0.15) is 0 Å². The number of fused-ring (bicyclic) bond motifs is 1. The van der Waals surface area contributed by atoms with Crippen LogP contribution in [0.5, 0.6) is 11.5 Å². The molecule has 0 aliphatic carbocycles. The fraction of sp³-hybridized carbons (Fsp3) is 0.444. The zero-order chi connectivity index (χ0) is 17.6. The Hall–Kier alpha value is -1.55. The maximum Gasteiger partial charge on any atom is 0.530 e. The monoisotopic (exact) mass is 352 g/mol. The molecule has 132 valence electrons. The van der Waals surface area contributed by atoms with Crippen molar-refractivity contribution in [2.45, 2.75) is 40.0 Å². The molecule has 0 saturated heterocycles. The summed E-state index contributed by atoms with van der Waals surface area (Å²) >= 11 is 0. The van der Waals surface area contributed by atoms with Crippen LogP contribution in [0.3, 0.4) is 0 Å². The lowest BCUT2D eigenvalue weighted by Crippen LogP contribution is -2.04. The molecule has 6 heteroatoms. The molecule has 2 rings (SSSR count). The van der Waals surface area contributed by atoms with Gasteiger partial charge in [-0.05, 0) is 38.3 Å². The molecule has 0 aliphatic rings. The van der Waals surface area contributed by atoms with E-state index >= 15 is 0 Å². The Morgan fingerprint density at radius 2 is 1.67 bits per heavy atom. The summed E-state index contributed by atoms with van der Waals surface area (Å²) in [5, 5.41) is 11.6. The minimum Gasteiger partial charge on any atom is -0.507 e. The van der Waals surface area contributed by atoms with Crippen LogP contribution in [0, 0.1) is 0 Å². The SMILES string of the molecule is CCCCc1cc(O)c2ccccc2c1OP(=O)(OCC)OCC. The van der Waals surface area contributed by atoms with Crippen molar-refractivity contribution in [1.29, 1.82) is 0 Å². The van der Waals surface area contributed by atoms with Gasteiger partial charge in [0, 0.05) is 10.8 Å². The molecule has 5 nitrogen and oxygen atoms in total. The topological polar surface area (TPSA) is 65.0 Å². The summed E-state index contributed by atoms with van der Waals surface area (Å²) in [7, 11) is -3.70. The van der Waals surface area contributed by atoms with Crippen LogP contribution in [0.25, 0.3) is 10.8 Å². The lowest BCUT2D eigenvalue weighted by Gasteiger charge is -2.21. The molecule has 2 aromatic carbocycles. The summed E-state index contributed by atoms with van der Waals surface area (Å²) in [6, 6.07) is 9.00. The Labute approximate surface area is 143 Å². The third-order valence-corrected chi connectivity index (χ3v) is 5.18. The molecule has 0 amide bonds. The Bertz CT molecular complexity index is 719. The largest absolute Gasteiger partial charge is 0.530 e. The number of hydrogen-bond donors (Lipinski definition) is 1. The Kier molecular flexibility index (Phi) is 6.67. The Morgan fingerprint density at radius 3 is 2.25 bits per heavy atom. The Balaban J connectivity index is 2.56. The minimum atomic E-state index is -3.70. The van der Waals surface area contributed by atoms with Crippen LogP contribution < -0.4 is 4.52 Å². The third kappa shape index (κ3) is 4.29. The van der Waals surface area contributed by atoms with E-state index in [0.717, 1.165) is 18.4 Å². The van der Waals surface area contributed by atoms with Gasteiger partial charge in [-0.15, -0.1) is 0 Å². The standard InChI is InChI=1S/C18H25O5P/c1-4-7-10-14-13-17(19)15-11-8-9-12-16(15)18(14)23-24(20,21-5-2)22-6-3/h8-9,11-13,19H,4-7,10H2,1-3H3. The van der Waals surface area contributed by atoms with Crippen LogP contribution in [0.15, 0.2) is 30.3 Å². The average molecular weight is 352 g/mol. The van der Waals surface area contributed by atoms with Gasteiger partial charge in [0.2, 0.25) is 0 Å². The smallest absolute Gasteiger partial charge is 0.507 e. The molecule has 0 fully saturated rings. The van der Waals surface area contributed by atoms with E-state index in [1.165, 1.54) is 0 Å². The molecular weight excluding hydrogens is 327 g/mol. The summed E-state index contributed by atoms with van der Waals surface area (Å²) in [4.78, 5) is 0. The molecule has 0 atom stereocenters. The van der Waals surface area contributed by atoms with Gasteiger partial charge < -0.3 is 9.63 Å². The normalized spacial score (nSPS) is 11.8. The summed E-state index contributed by atoms with van der Waals surface area (Å²) in [5.74, 6) is 0.647. The van der Waals surface area contributed by atoms with E-state index in [1.807, 2.05) is 18.2 Å². The van der Waals surface area contributed by atoms with Crippen molar-refractivity contribution in [3.05, 3.63) is 35.9 Å². The molecule has 0 saturated carbocycles. The second-order valence-corrected chi connectivity index (χ2v) is 7.00. The molecular formula is C18H25O5P. The van der Waals surface area contributed by atoms with Gasteiger partial charge in [0.25, 0.3) is 0 Å². The van der Waals surface area contributed by atoms with Gasteiger partial charge in [-0.1, -0.05) is 37.6 Å². The van der Waals surface area contributed by atoms with Crippen molar-refractivity contribution < 1.29 is 23.2 Å². The van der Waals surface area contributed by atoms with Crippen LogP contribution in [0.2, 0.25) is 0 Å². The van der Waals surface area contributed by atoms with E-state index in [0.29, 0.717) is 22.9 Å². The number of phosphoric acid groups is 1. The number of phosphoric ester groups is 1. The molecule has 0 aromatic heterocycles. The number of phenolic OH excluding ortho intramolecular Hbond substituents is 1. The zero-order valence-electron chi connectivity index (χ0n) is 14.4. The van der Waals surface area contributed by atoms with Crippen molar-refractivity contribution in [3.63, 3.8) is 0 Å². The predicted molar refractivity (Wildman–Crippen MR) is 95.7 cm³/mol. The highest BCUT2D eigenvalue weighted by molar-refractivity contribution is 7.48. The van der Waals surface area contributed by atoms with Crippen LogP contribution in [-0.2, 0) is 20.0 Å². The average Bonchev–Trinajstić information content (AvgIpc) is 2.56. The lowest BCUT2D eigenvalue weighted by atomic mass is 10.0. The summed E-state index contributed by atoms with van der Waals surface area (Å²) in [6.45, 7) is 6.01. The van der Waals surface area contributed by atoms with E-state index in [9.17, 15) is 9.67 Å². The first-order valence-electron chi connectivity index (χ1n) is 8.36. The number of unbranched alkanes of at least 4 members (excludes halogenated alkanes) is 1. The molecule has 24 heavy (non-hydrogen) atoms. The van der Waals surface area contributed by atoms with E-state index in [2.05, 4.69) is 6.92 Å². The number of rotatable bonds is 9. The Morgan fingerprint density at radius 1 is 1.04 bits per heavy atom. The van der Waals surface area contributed by atoms with Crippen molar-refractivity contribution in [3.8, 4) is 11.5 Å². The maximum absolute atomic E-state index is 12.8. The van der Waals surface area contributed by atoms with Crippen LogP contribution in [0.1, 0.15) is 39.2 Å². The summed E-state index contributed by atoms with van der Waals surface area (Å²) in [5.41, 5.74) is 0.799. The minimum absolute atomic E-state index is 0.187. The highest BCUT2D eigenvalue weighted by atomic mass is 31.2. The second kappa shape index (κ2) is 8.52. The quantitative estimate of drug-likeness (QED) is 0.608. The highest BCUT2D eigenvalue weighted by Gasteiger charge is 2.29. The first-order valence-corrected chi connectivity index (χ1v) is 9.83. The van der Waals surface area contributed by atoms with Crippen LogP contribution in [-0.4, -0.2) is 18.3 Å². The molecule has 0 radical (unpaired) electrons. The lowest BCUT2D eigenvalue weighted by molar-refractivity contribution is 0.167. The molecule has 0 bridgehead atoms. The van der Waals surface area contributed by atoms with Gasteiger partial charge in [0.1, 0.15) is 11.5 Å².